The number of hydrogen-bond acceptors (Lipinski definition) is 3. The maximum atomic E-state index is 12.7. The lowest BCUT2D eigenvalue weighted by Gasteiger charge is -2.49. The van der Waals surface area contributed by atoms with Gasteiger partial charge in [0.05, 0.1) is 0 Å². The Hall–Kier alpha value is -2.27. The van der Waals surface area contributed by atoms with Crippen molar-refractivity contribution in [2.75, 3.05) is 18.8 Å². The monoisotopic (exact) mass is 324 g/mol. The zero-order chi connectivity index (χ0) is 16.7. The molecule has 2 aromatic rings. The number of nitrogen functional groups attached to an aromatic ring is 1. The third-order valence-corrected chi connectivity index (χ3v) is 5.66. The summed E-state index contributed by atoms with van der Waals surface area (Å²) in [5.41, 5.74) is 9.12. The van der Waals surface area contributed by atoms with Crippen molar-refractivity contribution in [1.82, 2.24) is 15.2 Å². The second kappa shape index (κ2) is 5.98. The minimum atomic E-state index is -0.0265. The van der Waals surface area contributed by atoms with Crippen LogP contribution in [0.1, 0.15) is 30.3 Å². The van der Waals surface area contributed by atoms with Crippen molar-refractivity contribution >= 4 is 11.6 Å². The highest BCUT2D eigenvalue weighted by Crippen LogP contribution is 2.32. The van der Waals surface area contributed by atoms with Crippen LogP contribution in [0.2, 0.25) is 0 Å². The Labute approximate surface area is 142 Å². The number of benzene rings is 1. The number of nitrogens with one attached hydrogen (secondary N) is 2. The molecule has 0 saturated carbocycles. The van der Waals surface area contributed by atoms with Crippen LogP contribution in [-0.4, -0.2) is 41.0 Å². The van der Waals surface area contributed by atoms with E-state index in [2.05, 4.69) is 22.1 Å². The van der Waals surface area contributed by atoms with Gasteiger partial charge in [0.1, 0.15) is 5.69 Å². The number of aromatic nitrogens is 1. The molecule has 126 valence electrons. The molecule has 1 amide bonds. The topological polar surface area (TPSA) is 74.1 Å². The van der Waals surface area contributed by atoms with Gasteiger partial charge in [-0.3, -0.25) is 9.69 Å². The van der Waals surface area contributed by atoms with Crippen molar-refractivity contribution in [2.45, 2.75) is 31.8 Å². The summed E-state index contributed by atoms with van der Waals surface area (Å²) < 4.78 is 0. The quantitative estimate of drug-likeness (QED) is 0.759. The summed E-state index contributed by atoms with van der Waals surface area (Å²) in [5.74, 6) is 0.578. The first kappa shape index (κ1) is 15.3. The highest BCUT2D eigenvalue weighted by molar-refractivity contribution is 5.94. The molecule has 5 rings (SSSR count). The van der Waals surface area contributed by atoms with Gasteiger partial charge in [0.15, 0.2) is 0 Å². The molecule has 2 atom stereocenters. The molecule has 3 saturated heterocycles. The molecule has 5 nitrogen and oxygen atoms in total. The number of H-pyrrole nitrogens is 1. The number of carbonyl (C=O) groups is 1. The molecule has 0 spiro atoms. The van der Waals surface area contributed by atoms with Crippen molar-refractivity contribution in [2.24, 2.45) is 5.92 Å². The Balaban J connectivity index is 1.51. The predicted molar refractivity (Wildman–Crippen MR) is 95.7 cm³/mol. The molecular formula is C19H24N4O. The summed E-state index contributed by atoms with van der Waals surface area (Å²) in [6, 6.07) is 12.1. The lowest BCUT2D eigenvalue weighted by atomic mass is 9.79. The summed E-state index contributed by atoms with van der Waals surface area (Å²) in [4.78, 5) is 18.4. The van der Waals surface area contributed by atoms with Crippen LogP contribution in [0.15, 0.2) is 36.4 Å². The SMILES string of the molecule is C[C@H]1[C@H](NC(=O)c2ccc(-c3ccccc3N)[nH]2)C2CCN1CC2. The van der Waals surface area contributed by atoms with Crippen LogP contribution in [0.4, 0.5) is 5.69 Å². The Morgan fingerprint density at radius 1 is 1.21 bits per heavy atom. The van der Waals surface area contributed by atoms with Crippen LogP contribution in [-0.2, 0) is 0 Å². The van der Waals surface area contributed by atoms with E-state index in [0.717, 1.165) is 24.3 Å². The van der Waals surface area contributed by atoms with Crippen LogP contribution >= 0.6 is 0 Å². The second-order valence-electron chi connectivity index (χ2n) is 6.99. The highest BCUT2D eigenvalue weighted by Gasteiger charge is 2.40. The zero-order valence-electron chi connectivity index (χ0n) is 14.0. The summed E-state index contributed by atoms with van der Waals surface area (Å²) in [6.45, 7) is 4.55. The number of piperidine rings is 3. The molecule has 4 heterocycles. The molecule has 0 radical (unpaired) electrons. The summed E-state index contributed by atoms with van der Waals surface area (Å²) in [7, 11) is 0. The van der Waals surface area contributed by atoms with Crippen LogP contribution in [0.5, 0.6) is 0 Å². The molecule has 24 heavy (non-hydrogen) atoms. The Kier molecular flexibility index (Phi) is 3.81. The molecule has 1 aromatic heterocycles. The van der Waals surface area contributed by atoms with Crippen LogP contribution in [0.25, 0.3) is 11.3 Å². The number of hydrogen-bond donors (Lipinski definition) is 3. The van der Waals surface area contributed by atoms with Crippen molar-refractivity contribution in [3.8, 4) is 11.3 Å². The number of aromatic amines is 1. The van der Waals surface area contributed by atoms with Crippen LogP contribution in [0, 0.1) is 5.92 Å². The first-order valence-electron chi connectivity index (χ1n) is 8.72. The van der Waals surface area contributed by atoms with E-state index in [4.69, 9.17) is 5.73 Å². The highest BCUT2D eigenvalue weighted by atomic mass is 16.2. The number of fused-ring (bicyclic) bond motifs is 3. The van der Waals surface area contributed by atoms with Crippen LogP contribution in [0.3, 0.4) is 0 Å². The average Bonchev–Trinajstić information content (AvgIpc) is 3.09. The Bertz CT molecular complexity index is 743. The lowest BCUT2D eigenvalue weighted by molar-refractivity contribution is 0.0216. The largest absolute Gasteiger partial charge is 0.398 e. The van der Waals surface area contributed by atoms with Gasteiger partial charge >= 0.3 is 0 Å². The summed E-state index contributed by atoms with van der Waals surface area (Å²) in [6.07, 6.45) is 2.37. The normalized spacial score (nSPS) is 28.7. The molecule has 3 fully saturated rings. The molecule has 3 aliphatic heterocycles. The van der Waals surface area contributed by atoms with Gasteiger partial charge in [0.2, 0.25) is 0 Å². The van der Waals surface area contributed by atoms with E-state index in [-0.39, 0.29) is 11.9 Å². The van der Waals surface area contributed by atoms with Gasteiger partial charge in [-0.25, -0.2) is 0 Å². The number of nitrogens with two attached hydrogens (primary N) is 1. The van der Waals surface area contributed by atoms with E-state index in [1.165, 1.54) is 12.8 Å². The smallest absolute Gasteiger partial charge is 0.267 e. The van der Waals surface area contributed by atoms with Gasteiger partial charge in [-0.2, -0.15) is 0 Å². The van der Waals surface area contributed by atoms with E-state index in [0.29, 0.717) is 23.3 Å². The number of anilines is 1. The van der Waals surface area contributed by atoms with Crippen molar-refractivity contribution in [1.29, 1.82) is 0 Å². The average molecular weight is 324 g/mol. The van der Waals surface area contributed by atoms with Crippen molar-refractivity contribution in [3.05, 3.63) is 42.1 Å². The molecule has 3 aliphatic rings. The van der Waals surface area contributed by atoms with Crippen molar-refractivity contribution in [3.63, 3.8) is 0 Å². The molecule has 1 aromatic carbocycles. The summed E-state index contributed by atoms with van der Waals surface area (Å²) in [5, 5.41) is 3.25. The van der Waals surface area contributed by atoms with Crippen LogP contribution < -0.4 is 11.1 Å². The molecule has 4 N–H and O–H groups in total. The number of para-hydroxylation sites is 1. The summed E-state index contributed by atoms with van der Waals surface area (Å²) >= 11 is 0. The van der Waals surface area contributed by atoms with E-state index in [1.54, 1.807) is 0 Å². The molecule has 0 unspecified atom stereocenters. The number of carbonyl (C=O) groups excluding carboxylic acids is 1. The van der Waals surface area contributed by atoms with Gasteiger partial charge in [-0.05, 0) is 57.0 Å². The Morgan fingerprint density at radius 2 is 1.96 bits per heavy atom. The number of amides is 1. The third-order valence-electron chi connectivity index (χ3n) is 5.66. The number of rotatable bonds is 3. The van der Waals surface area contributed by atoms with Gasteiger partial charge in [-0.15, -0.1) is 0 Å². The van der Waals surface area contributed by atoms with E-state index in [1.807, 2.05) is 36.4 Å². The standard InChI is InChI=1S/C19H24N4O/c1-12-18(13-8-10-23(12)11-9-13)22-19(24)17-7-6-16(21-17)14-4-2-3-5-15(14)20/h2-7,12-13,18,21H,8-11,20H2,1H3,(H,22,24)/t12-,18-/m0/s1. The molecule has 5 heteroatoms. The first-order valence-corrected chi connectivity index (χ1v) is 8.72. The minimum absolute atomic E-state index is 0.0265. The third kappa shape index (κ3) is 2.59. The zero-order valence-corrected chi connectivity index (χ0v) is 14.0. The Morgan fingerprint density at radius 3 is 2.67 bits per heavy atom. The van der Waals surface area contributed by atoms with Gasteiger partial charge in [-0.1, -0.05) is 18.2 Å². The van der Waals surface area contributed by atoms with E-state index >= 15 is 0 Å². The predicted octanol–water partition coefficient (Wildman–Crippen LogP) is 2.48. The minimum Gasteiger partial charge on any atom is -0.398 e. The number of nitrogens with zero attached hydrogens (tertiary/aromatic N) is 1. The lowest BCUT2D eigenvalue weighted by Crippen LogP contribution is -2.62. The molecular weight excluding hydrogens is 300 g/mol. The molecule has 2 bridgehead atoms. The van der Waals surface area contributed by atoms with Crippen molar-refractivity contribution < 1.29 is 4.79 Å². The maximum Gasteiger partial charge on any atom is 0.267 e. The first-order chi connectivity index (χ1) is 11.6. The molecule has 0 aliphatic carbocycles. The maximum absolute atomic E-state index is 12.7. The van der Waals surface area contributed by atoms with Gasteiger partial charge < -0.3 is 16.0 Å². The van der Waals surface area contributed by atoms with Gasteiger partial charge in [0.25, 0.3) is 5.91 Å². The second-order valence-corrected chi connectivity index (χ2v) is 6.99. The van der Waals surface area contributed by atoms with E-state index < -0.39 is 0 Å². The fourth-order valence-corrected chi connectivity index (χ4v) is 4.20. The van der Waals surface area contributed by atoms with Gasteiger partial charge in [0, 0.05) is 29.0 Å². The van der Waals surface area contributed by atoms with E-state index in [9.17, 15) is 4.79 Å². The fourth-order valence-electron chi connectivity index (χ4n) is 4.20. The fraction of sp³-hybridized carbons (Fsp3) is 0.421.